The molecule has 0 spiro atoms. The van der Waals surface area contributed by atoms with Crippen molar-refractivity contribution in [1.82, 2.24) is 24.8 Å². The highest BCUT2D eigenvalue weighted by Crippen LogP contribution is 2.31. The molecule has 0 aliphatic carbocycles. The van der Waals surface area contributed by atoms with Gasteiger partial charge >= 0.3 is 0 Å². The van der Waals surface area contributed by atoms with Gasteiger partial charge in [-0.25, -0.2) is 9.97 Å². The number of carbonyl (C=O) groups is 1. The van der Waals surface area contributed by atoms with Crippen molar-refractivity contribution < 1.29 is 9.53 Å². The van der Waals surface area contributed by atoms with Gasteiger partial charge in [-0.05, 0) is 38.5 Å². The molecular weight excluding hydrogens is 378 g/mol. The third-order valence-electron chi connectivity index (χ3n) is 5.07. The maximum Gasteiger partial charge on any atom is 0.272 e. The minimum Gasteiger partial charge on any atom is -0.381 e. The van der Waals surface area contributed by atoms with Crippen LogP contribution < -0.4 is 5.32 Å². The average molecular weight is 400 g/mol. The summed E-state index contributed by atoms with van der Waals surface area (Å²) in [7, 11) is 0. The van der Waals surface area contributed by atoms with E-state index in [2.05, 4.69) is 26.8 Å². The first-order chi connectivity index (χ1) is 13.6. The average Bonchev–Trinajstić information content (AvgIpc) is 3.33. The quantitative estimate of drug-likeness (QED) is 0.711. The summed E-state index contributed by atoms with van der Waals surface area (Å²) >= 11 is 6.15. The van der Waals surface area contributed by atoms with Crippen LogP contribution in [-0.4, -0.2) is 38.6 Å². The van der Waals surface area contributed by atoms with E-state index in [0.29, 0.717) is 18.2 Å². The lowest BCUT2D eigenvalue weighted by molar-refractivity contribution is 0.0906. The number of hydrogen-bond acceptors (Lipinski definition) is 5. The molecule has 7 nitrogen and oxygen atoms in total. The summed E-state index contributed by atoms with van der Waals surface area (Å²) in [5.41, 5.74) is 2.87. The van der Waals surface area contributed by atoms with Crippen LogP contribution in [0.15, 0.2) is 30.6 Å². The SMILES string of the molecule is CCn1c(C(NC(=O)c2cnc(C)cn2)C2CCOC2)nc2cc(Cl)ccc21. The summed E-state index contributed by atoms with van der Waals surface area (Å²) in [5.74, 6) is 0.681. The van der Waals surface area contributed by atoms with Crippen molar-refractivity contribution in [1.29, 1.82) is 0 Å². The van der Waals surface area contributed by atoms with Crippen molar-refractivity contribution in [2.24, 2.45) is 5.92 Å². The minimum absolute atomic E-state index is 0.139. The van der Waals surface area contributed by atoms with Crippen LogP contribution in [0.4, 0.5) is 0 Å². The number of ether oxygens (including phenoxy) is 1. The van der Waals surface area contributed by atoms with Crippen LogP contribution in [0.25, 0.3) is 11.0 Å². The zero-order chi connectivity index (χ0) is 19.7. The van der Waals surface area contributed by atoms with Gasteiger partial charge in [0.1, 0.15) is 11.5 Å². The molecule has 4 rings (SSSR count). The number of benzene rings is 1. The molecule has 2 unspecified atom stereocenters. The lowest BCUT2D eigenvalue weighted by atomic mass is 9.98. The van der Waals surface area contributed by atoms with Crippen molar-refractivity contribution in [3.8, 4) is 0 Å². The number of carbonyl (C=O) groups excluding carboxylic acids is 1. The predicted molar refractivity (Wildman–Crippen MR) is 106 cm³/mol. The molecule has 2 aromatic heterocycles. The zero-order valence-electron chi connectivity index (χ0n) is 15.9. The van der Waals surface area contributed by atoms with Crippen LogP contribution in [0.2, 0.25) is 5.02 Å². The highest BCUT2D eigenvalue weighted by atomic mass is 35.5. The van der Waals surface area contributed by atoms with Crippen LogP contribution in [0.1, 0.15) is 41.4 Å². The molecule has 1 aromatic carbocycles. The van der Waals surface area contributed by atoms with Gasteiger partial charge in [-0.3, -0.25) is 9.78 Å². The summed E-state index contributed by atoms with van der Waals surface area (Å²) < 4.78 is 7.71. The zero-order valence-corrected chi connectivity index (χ0v) is 16.6. The largest absolute Gasteiger partial charge is 0.381 e. The Morgan fingerprint density at radius 3 is 2.93 bits per heavy atom. The van der Waals surface area contributed by atoms with Crippen molar-refractivity contribution >= 4 is 28.5 Å². The van der Waals surface area contributed by atoms with E-state index in [1.54, 1.807) is 6.20 Å². The highest BCUT2D eigenvalue weighted by Gasteiger charge is 2.33. The van der Waals surface area contributed by atoms with Crippen LogP contribution in [0, 0.1) is 12.8 Å². The molecule has 0 saturated carbocycles. The van der Waals surface area contributed by atoms with Gasteiger partial charge in [0.25, 0.3) is 5.91 Å². The lowest BCUT2D eigenvalue weighted by Crippen LogP contribution is -2.36. The normalized spacial score (nSPS) is 17.8. The van der Waals surface area contributed by atoms with Crippen molar-refractivity contribution in [2.75, 3.05) is 13.2 Å². The number of hydrogen-bond donors (Lipinski definition) is 1. The molecule has 1 aliphatic heterocycles. The molecule has 8 heteroatoms. The topological polar surface area (TPSA) is 81.9 Å². The van der Waals surface area contributed by atoms with E-state index in [9.17, 15) is 4.79 Å². The number of rotatable bonds is 5. The van der Waals surface area contributed by atoms with Gasteiger partial charge < -0.3 is 14.6 Å². The lowest BCUT2D eigenvalue weighted by Gasteiger charge is -2.24. The van der Waals surface area contributed by atoms with E-state index in [1.807, 2.05) is 25.1 Å². The summed E-state index contributed by atoms with van der Waals surface area (Å²) in [6, 6.07) is 5.38. The molecule has 146 valence electrons. The first-order valence-corrected chi connectivity index (χ1v) is 9.77. The van der Waals surface area contributed by atoms with Gasteiger partial charge in [0.05, 0.1) is 35.6 Å². The van der Waals surface area contributed by atoms with E-state index in [0.717, 1.165) is 35.5 Å². The van der Waals surface area contributed by atoms with Crippen molar-refractivity contribution in [3.63, 3.8) is 0 Å². The number of fused-ring (bicyclic) bond motifs is 1. The standard InChI is InChI=1S/C20H22ClN5O2/c1-3-26-17-5-4-14(21)8-15(17)24-19(26)18(13-6-7-28-11-13)25-20(27)16-10-22-12(2)9-23-16/h4-5,8-10,13,18H,3,6-7,11H2,1-2H3,(H,25,27). The number of aryl methyl sites for hydroxylation is 2. The van der Waals surface area contributed by atoms with Crippen LogP contribution in [0.5, 0.6) is 0 Å². The number of nitrogens with one attached hydrogen (secondary N) is 1. The summed E-state index contributed by atoms with van der Waals surface area (Å²) in [6.45, 7) is 5.90. The summed E-state index contributed by atoms with van der Waals surface area (Å²) in [4.78, 5) is 26.0. The second kappa shape index (κ2) is 7.85. The fourth-order valence-electron chi connectivity index (χ4n) is 3.63. The van der Waals surface area contributed by atoms with Crippen LogP contribution in [-0.2, 0) is 11.3 Å². The molecule has 2 atom stereocenters. The number of imidazole rings is 1. The Balaban J connectivity index is 1.73. The Bertz CT molecular complexity index is 996. The van der Waals surface area contributed by atoms with Gasteiger partial charge in [-0.1, -0.05) is 11.6 Å². The van der Waals surface area contributed by atoms with Crippen molar-refractivity contribution in [3.05, 3.63) is 52.8 Å². The highest BCUT2D eigenvalue weighted by molar-refractivity contribution is 6.31. The number of aromatic nitrogens is 4. The van der Waals surface area contributed by atoms with E-state index >= 15 is 0 Å². The Morgan fingerprint density at radius 1 is 1.39 bits per heavy atom. The van der Waals surface area contributed by atoms with Crippen molar-refractivity contribution in [2.45, 2.75) is 32.9 Å². The Labute approximate surface area is 168 Å². The number of halogens is 1. The molecule has 1 aliphatic rings. The van der Waals surface area contributed by atoms with Gasteiger partial charge in [0, 0.05) is 30.3 Å². The molecule has 3 heterocycles. The first kappa shape index (κ1) is 18.8. The Morgan fingerprint density at radius 2 is 2.25 bits per heavy atom. The fourth-order valence-corrected chi connectivity index (χ4v) is 3.79. The fraction of sp³-hybridized carbons (Fsp3) is 0.400. The molecule has 28 heavy (non-hydrogen) atoms. The smallest absolute Gasteiger partial charge is 0.272 e. The van der Waals surface area contributed by atoms with Crippen LogP contribution in [0.3, 0.4) is 0 Å². The second-order valence-electron chi connectivity index (χ2n) is 6.97. The van der Waals surface area contributed by atoms with Gasteiger partial charge in [0.15, 0.2) is 0 Å². The van der Waals surface area contributed by atoms with E-state index in [1.165, 1.54) is 6.20 Å². The molecule has 1 amide bonds. The van der Waals surface area contributed by atoms with Gasteiger partial charge in [0.2, 0.25) is 0 Å². The van der Waals surface area contributed by atoms with E-state index < -0.39 is 0 Å². The summed E-state index contributed by atoms with van der Waals surface area (Å²) in [5, 5.41) is 3.76. The molecule has 0 radical (unpaired) electrons. The maximum absolute atomic E-state index is 12.9. The number of nitrogens with zero attached hydrogens (tertiary/aromatic N) is 4. The third-order valence-corrected chi connectivity index (χ3v) is 5.31. The summed E-state index contributed by atoms with van der Waals surface area (Å²) in [6.07, 6.45) is 3.94. The number of amides is 1. The van der Waals surface area contributed by atoms with E-state index in [4.69, 9.17) is 21.3 Å². The van der Waals surface area contributed by atoms with Gasteiger partial charge in [-0.15, -0.1) is 0 Å². The molecule has 3 aromatic rings. The molecular formula is C20H22ClN5O2. The Hall–Kier alpha value is -2.51. The monoisotopic (exact) mass is 399 g/mol. The van der Waals surface area contributed by atoms with E-state index in [-0.39, 0.29) is 23.6 Å². The molecule has 1 saturated heterocycles. The minimum atomic E-state index is -0.288. The third kappa shape index (κ3) is 3.59. The van der Waals surface area contributed by atoms with Gasteiger partial charge in [-0.2, -0.15) is 0 Å². The maximum atomic E-state index is 12.9. The molecule has 1 N–H and O–H groups in total. The Kier molecular flexibility index (Phi) is 5.28. The molecule has 0 bridgehead atoms. The van der Waals surface area contributed by atoms with Crippen LogP contribution >= 0.6 is 11.6 Å². The first-order valence-electron chi connectivity index (χ1n) is 9.39. The molecule has 1 fully saturated rings. The predicted octanol–water partition coefficient (Wildman–Crippen LogP) is 3.32. The second-order valence-corrected chi connectivity index (χ2v) is 7.40.